The third-order valence-electron chi connectivity index (χ3n) is 5.29. The van der Waals surface area contributed by atoms with E-state index in [9.17, 15) is 9.90 Å². The summed E-state index contributed by atoms with van der Waals surface area (Å²) in [6.07, 6.45) is 2.03. The van der Waals surface area contributed by atoms with Crippen molar-refractivity contribution in [2.45, 2.75) is 29.2 Å². The predicted molar refractivity (Wildman–Crippen MR) is 117 cm³/mol. The number of anilines is 2. The van der Waals surface area contributed by atoms with Gasteiger partial charge in [0.05, 0.1) is 31.4 Å². The van der Waals surface area contributed by atoms with Crippen LogP contribution in [0.15, 0.2) is 41.6 Å². The van der Waals surface area contributed by atoms with E-state index in [-0.39, 0.29) is 0 Å². The Kier molecular flexibility index (Phi) is 5.57. The summed E-state index contributed by atoms with van der Waals surface area (Å²) in [5.74, 6) is 0.716. The molecule has 1 aliphatic carbocycles. The molecule has 4 rings (SSSR count). The van der Waals surface area contributed by atoms with Gasteiger partial charge in [-0.05, 0) is 49.6 Å². The minimum absolute atomic E-state index is 0.373. The second-order valence-corrected chi connectivity index (χ2v) is 8.50. The molecule has 2 N–H and O–H groups in total. The molecule has 31 heavy (non-hydrogen) atoms. The SMILES string of the molecule is COc1cc2nc(SC3(C(=O)O)CCC3)nc(Nc3ccc(C#N)cc3)c2cc1OC. The summed E-state index contributed by atoms with van der Waals surface area (Å²) in [6.45, 7) is 0. The van der Waals surface area contributed by atoms with Gasteiger partial charge in [-0.25, -0.2) is 9.97 Å². The summed E-state index contributed by atoms with van der Waals surface area (Å²) >= 11 is 1.18. The minimum atomic E-state index is -0.893. The number of carboxylic acids is 1. The number of carboxylic acid groups (broad SMARTS) is 1. The number of carbonyl (C=O) groups is 1. The largest absolute Gasteiger partial charge is 0.493 e. The van der Waals surface area contributed by atoms with Crippen LogP contribution in [0.1, 0.15) is 24.8 Å². The number of thioether (sulfide) groups is 1. The molecule has 0 aliphatic heterocycles. The van der Waals surface area contributed by atoms with Crippen LogP contribution in [-0.2, 0) is 4.79 Å². The smallest absolute Gasteiger partial charge is 0.320 e. The van der Waals surface area contributed by atoms with Gasteiger partial charge in [-0.15, -0.1) is 0 Å². The molecule has 2 aromatic carbocycles. The van der Waals surface area contributed by atoms with Crippen LogP contribution < -0.4 is 14.8 Å². The minimum Gasteiger partial charge on any atom is -0.493 e. The van der Waals surface area contributed by atoms with E-state index in [0.717, 1.165) is 12.1 Å². The predicted octanol–water partition coefficient (Wildman–Crippen LogP) is 4.36. The maximum Gasteiger partial charge on any atom is 0.320 e. The highest BCUT2D eigenvalue weighted by atomic mass is 32.2. The molecule has 8 nitrogen and oxygen atoms in total. The maximum absolute atomic E-state index is 11.8. The van der Waals surface area contributed by atoms with E-state index in [4.69, 9.17) is 14.7 Å². The first-order valence-corrected chi connectivity index (χ1v) is 10.4. The van der Waals surface area contributed by atoms with Crippen LogP contribution in [0, 0.1) is 11.3 Å². The second-order valence-electron chi connectivity index (χ2n) is 7.15. The zero-order valence-electron chi connectivity index (χ0n) is 17.0. The lowest BCUT2D eigenvalue weighted by atomic mass is 9.84. The summed E-state index contributed by atoms with van der Waals surface area (Å²) in [5, 5.41) is 23.1. The van der Waals surface area contributed by atoms with E-state index in [1.54, 1.807) is 50.6 Å². The van der Waals surface area contributed by atoms with Crippen LogP contribution in [-0.4, -0.2) is 40.0 Å². The maximum atomic E-state index is 11.8. The van der Waals surface area contributed by atoms with Gasteiger partial charge in [0.25, 0.3) is 0 Å². The number of aromatic nitrogens is 2. The standard InChI is InChI=1S/C22H20N4O4S/c1-29-17-10-15-16(11-18(17)30-2)25-21(31-22(20(27)28)8-3-9-22)26-19(15)24-14-6-4-13(12-23)5-7-14/h4-7,10-11H,3,8-9H2,1-2H3,(H,27,28)(H,24,25,26). The Morgan fingerprint density at radius 1 is 1.16 bits per heavy atom. The molecule has 1 heterocycles. The number of rotatable bonds is 7. The highest BCUT2D eigenvalue weighted by Crippen LogP contribution is 2.47. The first-order chi connectivity index (χ1) is 15.0. The second kappa shape index (κ2) is 8.32. The number of nitrogens with one attached hydrogen (secondary N) is 1. The summed E-state index contributed by atoms with van der Waals surface area (Å²) in [6, 6.07) is 12.6. The normalized spacial score (nSPS) is 14.4. The molecule has 0 unspecified atom stereocenters. The number of ether oxygens (including phenoxy) is 2. The van der Waals surface area contributed by atoms with Gasteiger partial charge in [0.15, 0.2) is 16.7 Å². The van der Waals surface area contributed by atoms with Gasteiger partial charge >= 0.3 is 5.97 Å². The molecular weight excluding hydrogens is 416 g/mol. The number of methoxy groups -OCH3 is 2. The molecule has 1 aliphatic rings. The van der Waals surface area contributed by atoms with Gasteiger partial charge in [-0.1, -0.05) is 11.8 Å². The third kappa shape index (κ3) is 3.94. The Balaban J connectivity index is 1.81. The Hall–Kier alpha value is -3.51. The fraction of sp³-hybridized carbons (Fsp3) is 0.273. The monoisotopic (exact) mass is 436 g/mol. The van der Waals surface area contributed by atoms with Crippen molar-refractivity contribution in [3.8, 4) is 17.6 Å². The van der Waals surface area contributed by atoms with Gasteiger partial charge < -0.3 is 19.9 Å². The third-order valence-corrected chi connectivity index (χ3v) is 6.63. The Morgan fingerprint density at radius 2 is 1.84 bits per heavy atom. The molecule has 0 spiro atoms. The van der Waals surface area contributed by atoms with E-state index in [0.29, 0.717) is 51.8 Å². The van der Waals surface area contributed by atoms with E-state index >= 15 is 0 Å². The number of hydrogen-bond donors (Lipinski definition) is 2. The number of benzene rings is 2. The molecule has 1 fully saturated rings. The van der Waals surface area contributed by atoms with Crippen molar-refractivity contribution in [3.05, 3.63) is 42.0 Å². The molecule has 1 aromatic heterocycles. The van der Waals surface area contributed by atoms with Crippen LogP contribution in [0.5, 0.6) is 11.5 Å². The summed E-state index contributed by atoms with van der Waals surface area (Å²) in [5.41, 5.74) is 1.89. The van der Waals surface area contributed by atoms with Crippen molar-refractivity contribution in [3.63, 3.8) is 0 Å². The van der Waals surface area contributed by atoms with Crippen molar-refractivity contribution in [1.29, 1.82) is 5.26 Å². The molecule has 0 radical (unpaired) electrons. The molecule has 158 valence electrons. The number of nitriles is 1. The van der Waals surface area contributed by atoms with Crippen molar-refractivity contribution in [2.75, 3.05) is 19.5 Å². The summed E-state index contributed by atoms with van der Waals surface area (Å²) in [4.78, 5) is 21.1. The average molecular weight is 436 g/mol. The van der Waals surface area contributed by atoms with Crippen molar-refractivity contribution >= 4 is 40.1 Å². The molecule has 0 bridgehead atoms. The van der Waals surface area contributed by atoms with E-state index in [2.05, 4.69) is 21.4 Å². The Bertz CT molecular complexity index is 1190. The van der Waals surface area contributed by atoms with Gasteiger partial charge in [-0.3, -0.25) is 4.79 Å². The molecule has 0 amide bonds. The quantitative estimate of drug-likeness (QED) is 0.521. The highest BCUT2D eigenvalue weighted by molar-refractivity contribution is 8.01. The van der Waals surface area contributed by atoms with Gasteiger partial charge in [0.1, 0.15) is 10.6 Å². The van der Waals surface area contributed by atoms with Crippen LogP contribution in [0.2, 0.25) is 0 Å². The zero-order chi connectivity index (χ0) is 22.0. The molecule has 0 atom stereocenters. The van der Waals surface area contributed by atoms with Gasteiger partial charge in [-0.2, -0.15) is 5.26 Å². The molecule has 1 saturated carbocycles. The van der Waals surface area contributed by atoms with E-state index in [1.807, 2.05) is 0 Å². The lowest BCUT2D eigenvalue weighted by Gasteiger charge is -2.36. The zero-order valence-corrected chi connectivity index (χ0v) is 17.8. The Morgan fingerprint density at radius 3 is 2.39 bits per heavy atom. The van der Waals surface area contributed by atoms with Crippen LogP contribution in [0.25, 0.3) is 10.9 Å². The van der Waals surface area contributed by atoms with Crippen molar-refractivity contribution in [1.82, 2.24) is 9.97 Å². The van der Waals surface area contributed by atoms with E-state index in [1.165, 1.54) is 11.8 Å². The van der Waals surface area contributed by atoms with Crippen LogP contribution in [0.3, 0.4) is 0 Å². The van der Waals surface area contributed by atoms with Gasteiger partial charge in [0, 0.05) is 17.1 Å². The first-order valence-electron chi connectivity index (χ1n) is 9.61. The lowest BCUT2D eigenvalue weighted by Crippen LogP contribution is -2.42. The number of fused-ring (bicyclic) bond motifs is 1. The summed E-state index contributed by atoms with van der Waals surface area (Å²) < 4.78 is 9.93. The first kappa shape index (κ1) is 20.8. The van der Waals surface area contributed by atoms with Crippen LogP contribution in [0.4, 0.5) is 11.5 Å². The van der Waals surface area contributed by atoms with E-state index < -0.39 is 10.7 Å². The molecule has 9 heteroatoms. The average Bonchev–Trinajstić information content (AvgIpc) is 2.75. The lowest BCUT2D eigenvalue weighted by molar-refractivity contribution is -0.142. The molecule has 3 aromatic rings. The highest BCUT2D eigenvalue weighted by Gasteiger charge is 2.46. The number of nitrogens with zero attached hydrogens (tertiary/aromatic N) is 3. The van der Waals surface area contributed by atoms with Crippen molar-refractivity contribution < 1.29 is 19.4 Å². The topological polar surface area (TPSA) is 117 Å². The summed E-state index contributed by atoms with van der Waals surface area (Å²) in [7, 11) is 3.10. The molecule has 0 saturated heterocycles. The number of aliphatic carboxylic acids is 1. The van der Waals surface area contributed by atoms with Crippen LogP contribution >= 0.6 is 11.8 Å². The van der Waals surface area contributed by atoms with Gasteiger partial charge in [0.2, 0.25) is 0 Å². The molecular formula is C22H20N4O4S. The fourth-order valence-electron chi connectivity index (χ4n) is 3.37. The Labute approximate surface area is 183 Å². The van der Waals surface area contributed by atoms with Crippen molar-refractivity contribution in [2.24, 2.45) is 0 Å². The fourth-order valence-corrected chi connectivity index (χ4v) is 4.58. The number of hydrogen-bond acceptors (Lipinski definition) is 8.